The predicted octanol–water partition coefficient (Wildman–Crippen LogP) is 4.82. The number of rotatable bonds is 4. The van der Waals surface area contributed by atoms with Crippen LogP contribution < -0.4 is 5.32 Å². The van der Waals surface area contributed by atoms with E-state index in [9.17, 15) is 18.0 Å². The van der Waals surface area contributed by atoms with E-state index in [0.717, 1.165) is 43.6 Å². The Labute approximate surface area is 205 Å². The maximum atomic E-state index is 12.9. The van der Waals surface area contributed by atoms with Crippen molar-refractivity contribution in [3.63, 3.8) is 0 Å². The van der Waals surface area contributed by atoms with Crippen LogP contribution in [-0.2, 0) is 21.1 Å². The summed E-state index contributed by atoms with van der Waals surface area (Å²) >= 11 is 0. The molecule has 1 spiro atoms. The SMILES string of the molecule is Cc1c(C(=O)Nc2ccc(C3(C)CCC4(CC3)OCCO4)nc2)cnn1-c1ccc(C(F)(F)F)cn1. The summed E-state index contributed by atoms with van der Waals surface area (Å²) < 4.78 is 51.4. The Morgan fingerprint density at radius 1 is 1.00 bits per heavy atom. The normalized spacial score (nSPS) is 18.9. The number of hydrogen-bond acceptors (Lipinski definition) is 6. The number of nitrogens with one attached hydrogen (secondary N) is 1. The van der Waals surface area contributed by atoms with Gasteiger partial charge in [0, 0.05) is 30.1 Å². The van der Waals surface area contributed by atoms with Crippen molar-refractivity contribution in [1.82, 2.24) is 19.7 Å². The van der Waals surface area contributed by atoms with Crippen LogP contribution >= 0.6 is 0 Å². The van der Waals surface area contributed by atoms with Crippen molar-refractivity contribution in [3.05, 3.63) is 65.4 Å². The number of nitrogens with zero attached hydrogens (tertiary/aromatic N) is 4. The molecule has 1 aliphatic carbocycles. The summed E-state index contributed by atoms with van der Waals surface area (Å²) in [5, 5.41) is 6.94. The third kappa shape index (κ3) is 4.60. The zero-order chi connectivity index (χ0) is 25.6. The number of carbonyl (C=O) groups is 1. The fraction of sp³-hybridized carbons (Fsp3) is 0.440. The highest BCUT2D eigenvalue weighted by molar-refractivity contribution is 6.04. The number of pyridine rings is 2. The van der Waals surface area contributed by atoms with Crippen molar-refractivity contribution in [2.24, 2.45) is 0 Å². The molecule has 36 heavy (non-hydrogen) atoms. The first-order valence-electron chi connectivity index (χ1n) is 11.7. The number of carbonyl (C=O) groups excluding carboxylic acids is 1. The van der Waals surface area contributed by atoms with Crippen LogP contribution in [0.1, 0.15) is 59.9 Å². The monoisotopic (exact) mass is 501 g/mol. The van der Waals surface area contributed by atoms with Gasteiger partial charge in [0.2, 0.25) is 0 Å². The molecule has 1 saturated heterocycles. The summed E-state index contributed by atoms with van der Waals surface area (Å²) in [4.78, 5) is 21.3. The predicted molar refractivity (Wildman–Crippen MR) is 124 cm³/mol. The molecule has 190 valence electrons. The van der Waals surface area contributed by atoms with E-state index in [0.29, 0.717) is 24.6 Å². The van der Waals surface area contributed by atoms with Gasteiger partial charge < -0.3 is 14.8 Å². The van der Waals surface area contributed by atoms with E-state index >= 15 is 0 Å². The van der Waals surface area contributed by atoms with Gasteiger partial charge in [-0.15, -0.1) is 0 Å². The lowest BCUT2D eigenvalue weighted by Crippen LogP contribution is -2.41. The molecule has 2 fully saturated rings. The smallest absolute Gasteiger partial charge is 0.348 e. The second-order valence-corrected chi connectivity index (χ2v) is 9.51. The van der Waals surface area contributed by atoms with Crippen LogP contribution in [0.2, 0.25) is 0 Å². The fourth-order valence-corrected chi connectivity index (χ4v) is 4.79. The lowest BCUT2D eigenvalue weighted by Gasteiger charge is -2.41. The maximum absolute atomic E-state index is 12.9. The molecule has 4 heterocycles. The minimum atomic E-state index is -4.48. The molecule has 11 heteroatoms. The second kappa shape index (κ2) is 8.97. The van der Waals surface area contributed by atoms with Crippen LogP contribution in [0, 0.1) is 6.92 Å². The van der Waals surface area contributed by atoms with Crippen LogP contribution in [0.25, 0.3) is 5.82 Å². The molecular formula is C25H26F3N5O3. The van der Waals surface area contributed by atoms with Crippen LogP contribution in [0.15, 0.2) is 42.9 Å². The van der Waals surface area contributed by atoms with Gasteiger partial charge in [0.15, 0.2) is 11.6 Å². The lowest BCUT2D eigenvalue weighted by atomic mass is 9.71. The standard InChI is InChI=1S/C25H26F3N5O3/c1-16-19(15-31-33(16)21-6-3-17(13-30-21)25(26,27)28)22(34)32-18-4-5-20(29-14-18)23(2)7-9-24(10-8-23)35-11-12-36-24/h3-6,13-15H,7-12H2,1-2H3,(H,32,34). The van der Waals surface area contributed by atoms with Crippen molar-refractivity contribution < 1.29 is 27.4 Å². The largest absolute Gasteiger partial charge is 0.417 e. The van der Waals surface area contributed by atoms with Gasteiger partial charge in [-0.1, -0.05) is 6.92 Å². The highest BCUT2D eigenvalue weighted by Gasteiger charge is 2.45. The molecule has 0 atom stereocenters. The van der Waals surface area contributed by atoms with Crippen LogP contribution in [-0.4, -0.2) is 44.7 Å². The topological polar surface area (TPSA) is 91.2 Å². The molecule has 0 unspecified atom stereocenters. The third-order valence-electron chi connectivity index (χ3n) is 7.12. The summed E-state index contributed by atoms with van der Waals surface area (Å²) in [5.74, 6) is -0.658. The first-order valence-corrected chi connectivity index (χ1v) is 11.7. The Hall–Kier alpha value is -3.31. The number of amides is 1. The number of halogens is 3. The van der Waals surface area contributed by atoms with Crippen molar-refractivity contribution in [2.75, 3.05) is 18.5 Å². The molecule has 1 saturated carbocycles. The van der Waals surface area contributed by atoms with Gasteiger partial charge in [0.1, 0.15) is 0 Å². The Morgan fingerprint density at radius 3 is 2.31 bits per heavy atom. The Bertz CT molecular complexity index is 1240. The molecule has 2 aliphatic rings. The minimum absolute atomic E-state index is 0.102. The molecule has 3 aromatic rings. The Morgan fingerprint density at radius 2 is 1.72 bits per heavy atom. The zero-order valence-corrected chi connectivity index (χ0v) is 19.9. The fourth-order valence-electron chi connectivity index (χ4n) is 4.79. The van der Waals surface area contributed by atoms with Crippen LogP contribution in [0.3, 0.4) is 0 Å². The van der Waals surface area contributed by atoms with Gasteiger partial charge in [-0.2, -0.15) is 18.3 Å². The van der Waals surface area contributed by atoms with Crippen molar-refractivity contribution >= 4 is 11.6 Å². The van der Waals surface area contributed by atoms with E-state index in [1.165, 1.54) is 16.9 Å². The second-order valence-electron chi connectivity index (χ2n) is 9.51. The van der Waals surface area contributed by atoms with E-state index in [1.54, 1.807) is 13.1 Å². The van der Waals surface area contributed by atoms with Crippen LogP contribution in [0.4, 0.5) is 18.9 Å². The minimum Gasteiger partial charge on any atom is -0.348 e. The molecule has 0 bridgehead atoms. The summed E-state index contributed by atoms with van der Waals surface area (Å²) in [6.07, 6.45) is 2.67. The molecule has 1 N–H and O–H groups in total. The van der Waals surface area contributed by atoms with E-state index in [-0.39, 0.29) is 16.8 Å². The molecule has 0 aromatic carbocycles. The van der Waals surface area contributed by atoms with E-state index in [4.69, 9.17) is 9.47 Å². The first-order chi connectivity index (χ1) is 17.1. The van der Waals surface area contributed by atoms with Gasteiger partial charge in [-0.3, -0.25) is 9.78 Å². The Kier molecular flexibility index (Phi) is 6.08. The van der Waals surface area contributed by atoms with Gasteiger partial charge in [0.05, 0.1) is 48.1 Å². The summed E-state index contributed by atoms with van der Waals surface area (Å²) in [6, 6.07) is 5.88. The number of hydrogen-bond donors (Lipinski definition) is 1. The van der Waals surface area contributed by atoms with Gasteiger partial charge in [0.25, 0.3) is 5.91 Å². The molecule has 1 aliphatic heterocycles. The maximum Gasteiger partial charge on any atom is 0.417 e. The quantitative estimate of drug-likeness (QED) is 0.552. The van der Waals surface area contributed by atoms with E-state index < -0.39 is 23.4 Å². The number of anilines is 1. The zero-order valence-electron chi connectivity index (χ0n) is 19.9. The van der Waals surface area contributed by atoms with E-state index in [2.05, 4.69) is 27.3 Å². The number of alkyl halides is 3. The molecule has 3 aromatic heterocycles. The number of ether oxygens (including phenoxy) is 2. The van der Waals surface area contributed by atoms with Gasteiger partial charge in [-0.05, 0) is 44.0 Å². The third-order valence-corrected chi connectivity index (χ3v) is 7.12. The first kappa shape index (κ1) is 24.4. The van der Waals surface area contributed by atoms with Crippen molar-refractivity contribution in [1.29, 1.82) is 0 Å². The average molecular weight is 502 g/mol. The number of aromatic nitrogens is 4. The molecule has 0 radical (unpaired) electrons. The van der Waals surface area contributed by atoms with Crippen LogP contribution in [0.5, 0.6) is 0 Å². The molecule has 8 nitrogen and oxygen atoms in total. The molecule has 5 rings (SSSR count). The summed E-state index contributed by atoms with van der Waals surface area (Å²) in [6.45, 7) is 5.12. The van der Waals surface area contributed by atoms with E-state index in [1.807, 2.05) is 12.1 Å². The average Bonchev–Trinajstić information content (AvgIpc) is 3.48. The molecule has 1 amide bonds. The summed E-state index contributed by atoms with van der Waals surface area (Å²) in [7, 11) is 0. The van der Waals surface area contributed by atoms with Crippen molar-refractivity contribution in [3.8, 4) is 5.82 Å². The van der Waals surface area contributed by atoms with Gasteiger partial charge in [-0.25, -0.2) is 9.67 Å². The molecular weight excluding hydrogens is 475 g/mol. The highest BCUT2D eigenvalue weighted by atomic mass is 19.4. The lowest BCUT2D eigenvalue weighted by molar-refractivity contribution is -0.184. The Balaban J connectivity index is 1.25. The van der Waals surface area contributed by atoms with Gasteiger partial charge >= 0.3 is 6.18 Å². The van der Waals surface area contributed by atoms with Crippen molar-refractivity contribution in [2.45, 2.75) is 56.9 Å². The summed E-state index contributed by atoms with van der Waals surface area (Å²) in [5.41, 5.74) is 1.25. The highest BCUT2D eigenvalue weighted by Crippen LogP contribution is 2.45.